The molecule has 3 rings (SSSR count). The summed E-state index contributed by atoms with van der Waals surface area (Å²) in [5.74, 6) is 1.72. The number of nitro groups is 1. The Morgan fingerprint density at radius 2 is 2.43 bits per heavy atom. The normalized spacial score (nSPS) is 27.4. The van der Waals surface area contributed by atoms with Crippen LogP contribution in [0.5, 0.6) is 0 Å². The molecular weight excluding hydrogens is 270 g/mol. The molecule has 3 unspecified atom stereocenters. The molecule has 3 heterocycles. The number of fused-ring (bicyclic) bond motifs is 1. The highest BCUT2D eigenvalue weighted by atomic mass is 16.6. The summed E-state index contributed by atoms with van der Waals surface area (Å²) in [4.78, 5) is 16.7. The SMILES string of the molecule is CCC1C2CNCC2CN1c1ncc([N+](=O)[O-])cc1C#N. The van der Waals surface area contributed by atoms with Gasteiger partial charge in [-0.25, -0.2) is 4.98 Å². The lowest BCUT2D eigenvalue weighted by molar-refractivity contribution is -0.385. The minimum absolute atomic E-state index is 0.135. The van der Waals surface area contributed by atoms with Crippen molar-refractivity contribution >= 4 is 11.5 Å². The summed E-state index contributed by atoms with van der Waals surface area (Å²) in [6.07, 6.45) is 2.22. The molecule has 2 fully saturated rings. The van der Waals surface area contributed by atoms with Gasteiger partial charge in [-0.2, -0.15) is 5.26 Å². The van der Waals surface area contributed by atoms with Gasteiger partial charge in [-0.1, -0.05) is 6.92 Å². The lowest BCUT2D eigenvalue weighted by atomic mass is 9.93. The van der Waals surface area contributed by atoms with Crippen LogP contribution in [0.1, 0.15) is 18.9 Å². The van der Waals surface area contributed by atoms with E-state index in [2.05, 4.69) is 28.2 Å². The summed E-state index contributed by atoms with van der Waals surface area (Å²) >= 11 is 0. The average Bonchev–Trinajstić information content (AvgIpc) is 3.06. The van der Waals surface area contributed by atoms with Gasteiger partial charge in [0.15, 0.2) is 0 Å². The van der Waals surface area contributed by atoms with Gasteiger partial charge in [0.2, 0.25) is 0 Å². The number of aromatic nitrogens is 1. The van der Waals surface area contributed by atoms with E-state index in [1.165, 1.54) is 12.3 Å². The van der Waals surface area contributed by atoms with Crippen molar-refractivity contribution in [2.45, 2.75) is 19.4 Å². The zero-order valence-corrected chi connectivity index (χ0v) is 11.8. The fourth-order valence-corrected chi connectivity index (χ4v) is 3.65. The van der Waals surface area contributed by atoms with E-state index in [4.69, 9.17) is 0 Å². The Labute approximate surface area is 122 Å². The van der Waals surface area contributed by atoms with E-state index in [0.29, 0.717) is 23.7 Å². The average molecular weight is 287 g/mol. The third kappa shape index (κ3) is 2.21. The Kier molecular flexibility index (Phi) is 3.47. The van der Waals surface area contributed by atoms with E-state index in [-0.39, 0.29) is 11.3 Å². The van der Waals surface area contributed by atoms with Crippen LogP contribution in [0, 0.1) is 33.3 Å². The van der Waals surface area contributed by atoms with Crippen LogP contribution in [0.3, 0.4) is 0 Å². The second kappa shape index (κ2) is 5.30. The standard InChI is InChI=1S/C14H17N5O2/c1-2-13-12-7-16-5-10(12)8-18(13)14-9(4-15)3-11(6-17-14)19(20)21/h3,6,10,12-13,16H,2,5,7-8H2,1H3. The molecule has 3 atom stereocenters. The van der Waals surface area contributed by atoms with Crippen LogP contribution in [0.25, 0.3) is 0 Å². The van der Waals surface area contributed by atoms with E-state index in [9.17, 15) is 15.4 Å². The van der Waals surface area contributed by atoms with Gasteiger partial charge in [0.1, 0.15) is 23.6 Å². The fourth-order valence-electron chi connectivity index (χ4n) is 3.65. The molecule has 1 aromatic rings. The van der Waals surface area contributed by atoms with Crippen molar-refractivity contribution in [3.05, 3.63) is 27.9 Å². The summed E-state index contributed by atoms with van der Waals surface area (Å²) in [5, 5.41) is 23.5. The molecule has 1 N–H and O–H groups in total. The zero-order valence-electron chi connectivity index (χ0n) is 11.8. The third-order valence-electron chi connectivity index (χ3n) is 4.59. The van der Waals surface area contributed by atoms with Crippen LogP contribution in [-0.4, -0.2) is 35.6 Å². The van der Waals surface area contributed by atoms with Crippen molar-refractivity contribution in [2.75, 3.05) is 24.5 Å². The maximum atomic E-state index is 10.8. The zero-order chi connectivity index (χ0) is 15.0. The van der Waals surface area contributed by atoms with E-state index in [0.717, 1.165) is 26.1 Å². The van der Waals surface area contributed by atoms with E-state index in [1.807, 2.05) is 0 Å². The Morgan fingerprint density at radius 3 is 3.10 bits per heavy atom. The van der Waals surface area contributed by atoms with Crippen LogP contribution >= 0.6 is 0 Å². The number of anilines is 1. The van der Waals surface area contributed by atoms with Crippen molar-refractivity contribution in [3.63, 3.8) is 0 Å². The molecule has 0 bridgehead atoms. The predicted molar refractivity (Wildman–Crippen MR) is 76.9 cm³/mol. The number of pyridine rings is 1. The Balaban J connectivity index is 1.97. The summed E-state index contributed by atoms with van der Waals surface area (Å²) < 4.78 is 0. The topological polar surface area (TPSA) is 95.1 Å². The molecule has 2 aliphatic heterocycles. The Morgan fingerprint density at radius 1 is 1.62 bits per heavy atom. The summed E-state index contributed by atoms with van der Waals surface area (Å²) in [7, 11) is 0. The van der Waals surface area contributed by atoms with Gasteiger partial charge in [-0.3, -0.25) is 10.1 Å². The quantitative estimate of drug-likeness (QED) is 0.665. The highest BCUT2D eigenvalue weighted by molar-refractivity contribution is 5.58. The maximum absolute atomic E-state index is 10.8. The minimum Gasteiger partial charge on any atom is -0.352 e. The molecule has 110 valence electrons. The van der Waals surface area contributed by atoms with Crippen LogP contribution in [-0.2, 0) is 0 Å². The van der Waals surface area contributed by atoms with Crippen molar-refractivity contribution in [1.82, 2.24) is 10.3 Å². The van der Waals surface area contributed by atoms with Crippen LogP contribution in [0.2, 0.25) is 0 Å². The fraction of sp³-hybridized carbons (Fsp3) is 0.571. The number of nitriles is 1. The molecule has 2 saturated heterocycles. The molecule has 0 aromatic carbocycles. The van der Waals surface area contributed by atoms with Crippen molar-refractivity contribution < 1.29 is 4.92 Å². The summed E-state index contributed by atoms with van der Waals surface area (Å²) in [5.41, 5.74) is 0.153. The lowest BCUT2D eigenvalue weighted by Crippen LogP contribution is -2.36. The highest BCUT2D eigenvalue weighted by Gasteiger charge is 2.44. The molecular formula is C14H17N5O2. The summed E-state index contributed by atoms with van der Waals surface area (Å²) in [6, 6.07) is 3.71. The van der Waals surface area contributed by atoms with Gasteiger partial charge in [0, 0.05) is 31.7 Å². The molecule has 7 heteroatoms. The molecule has 2 aliphatic rings. The molecule has 0 spiro atoms. The van der Waals surface area contributed by atoms with Crippen LogP contribution in [0.4, 0.5) is 11.5 Å². The molecule has 0 amide bonds. The second-order valence-electron chi connectivity index (χ2n) is 5.64. The monoisotopic (exact) mass is 287 g/mol. The third-order valence-corrected chi connectivity index (χ3v) is 4.59. The summed E-state index contributed by atoms with van der Waals surface area (Å²) in [6.45, 7) is 4.98. The van der Waals surface area contributed by atoms with Crippen LogP contribution < -0.4 is 10.2 Å². The van der Waals surface area contributed by atoms with Gasteiger partial charge in [-0.05, 0) is 18.3 Å². The van der Waals surface area contributed by atoms with Crippen molar-refractivity contribution in [3.8, 4) is 6.07 Å². The largest absolute Gasteiger partial charge is 0.352 e. The van der Waals surface area contributed by atoms with Gasteiger partial charge in [0.25, 0.3) is 5.69 Å². The number of hydrogen-bond acceptors (Lipinski definition) is 6. The van der Waals surface area contributed by atoms with Crippen LogP contribution in [0.15, 0.2) is 12.3 Å². The first-order chi connectivity index (χ1) is 10.2. The molecule has 0 saturated carbocycles. The molecule has 21 heavy (non-hydrogen) atoms. The predicted octanol–water partition coefficient (Wildman–Crippen LogP) is 1.30. The Hall–Kier alpha value is -2.20. The lowest BCUT2D eigenvalue weighted by Gasteiger charge is -2.28. The van der Waals surface area contributed by atoms with Gasteiger partial charge in [-0.15, -0.1) is 0 Å². The first kappa shape index (κ1) is 13.8. The van der Waals surface area contributed by atoms with Crippen molar-refractivity contribution in [2.24, 2.45) is 11.8 Å². The number of nitrogens with zero attached hydrogens (tertiary/aromatic N) is 4. The minimum atomic E-state index is -0.516. The van der Waals surface area contributed by atoms with Crippen molar-refractivity contribution in [1.29, 1.82) is 5.26 Å². The highest BCUT2D eigenvalue weighted by Crippen LogP contribution is 2.38. The maximum Gasteiger partial charge on any atom is 0.289 e. The Bertz CT molecular complexity index is 612. The van der Waals surface area contributed by atoms with Gasteiger partial charge < -0.3 is 10.2 Å². The number of rotatable bonds is 3. The number of nitrogens with one attached hydrogen (secondary N) is 1. The smallest absolute Gasteiger partial charge is 0.289 e. The van der Waals surface area contributed by atoms with Gasteiger partial charge >= 0.3 is 0 Å². The number of hydrogen-bond donors (Lipinski definition) is 1. The van der Waals surface area contributed by atoms with Gasteiger partial charge in [0.05, 0.1) is 4.92 Å². The molecule has 0 radical (unpaired) electrons. The second-order valence-corrected chi connectivity index (χ2v) is 5.64. The molecule has 1 aromatic heterocycles. The first-order valence-electron chi connectivity index (χ1n) is 7.17. The molecule has 7 nitrogen and oxygen atoms in total. The first-order valence-corrected chi connectivity index (χ1v) is 7.17. The van der Waals surface area contributed by atoms with E-state index < -0.39 is 4.92 Å². The van der Waals surface area contributed by atoms with E-state index in [1.54, 1.807) is 0 Å². The van der Waals surface area contributed by atoms with E-state index >= 15 is 0 Å². The molecule has 0 aliphatic carbocycles.